The summed E-state index contributed by atoms with van der Waals surface area (Å²) in [6, 6.07) is 12.5. The molecule has 7 nitrogen and oxygen atoms in total. The van der Waals surface area contributed by atoms with Crippen molar-refractivity contribution in [3.8, 4) is 0 Å². The van der Waals surface area contributed by atoms with Crippen molar-refractivity contribution in [2.75, 3.05) is 13.1 Å². The van der Waals surface area contributed by atoms with Crippen molar-refractivity contribution in [3.63, 3.8) is 0 Å². The summed E-state index contributed by atoms with van der Waals surface area (Å²) in [4.78, 5) is 16.8. The van der Waals surface area contributed by atoms with Crippen LogP contribution in [0.5, 0.6) is 0 Å². The molecule has 29 heavy (non-hydrogen) atoms. The highest BCUT2D eigenvalue weighted by atomic mass is 32.2. The van der Waals surface area contributed by atoms with E-state index in [1.54, 1.807) is 12.3 Å². The zero-order chi connectivity index (χ0) is 20.4. The lowest BCUT2D eigenvalue weighted by atomic mass is 9.97. The first-order chi connectivity index (χ1) is 13.9. The molecule has 2 aromatic heterocycles. The Balaban J connectivity index is 1.36. The zero-order valence-electron chi connectivity index (χ0n) is 16.1. The molecule has 8 heteroatoms. The molecule has 0 saturated carbocycles. The predicted octanol–water partition coefficient (Wildman–Crippen LogP) is 3.11. The number of sulfonamides is 1. The van der Waals surface area contributed by atoms with Crippen LogP contribution in [-0.4, -0.2) is 36.7 Å². The van der Waals surface area contributed by atoms with Gasteiger partial charge in [-0.1, -0.05) is 18.2 Å². The van der Waals surface area contributed by atoms with Crippen LogP contribution in [0, 0.1) is 5.92 Å². The van der Waals surface area contributed by atoms with Crippen molar-refractivity contribution < 1.29 is 17.6 Å². The number of hydrogen-bond donors (Lipinski definition) is 1. The molecule has 1 aliphatic rings. The Morgan fingerprint density at radius 3 is 2.66 bits per heavy atom. The zero-order valence-corrected chi connectivity index (χ0v) is 16.9. The molecule has 1 aliphatic heterocycles. The first-order valence-electron chi connectivity index (χ1n) is 9.64. The van der Waals surface area contributed by atoms with Crippen LogP contribution in [0.4, 0.5) is 0 Å². The number of benzene rings is 1. The van der Waals surface area contributed by atoms with Gasteiger partial charge in [-0.05, 0) is 44.0 Å². The summed E-state index contributed by atoms with van der Waals surface area (Å²) in [6.07, 6.45) is 3.86. The van der Waals surface area contributed by atoms with Crippen molar-refractivity contribution in [3.05, 3.63) is 60.6 Å². The van der Waals surface area contributed by atoms with Gasteiger partial charge in [0.2, 0.25) is 15.9 Å². The summed E-state index contributed by atoms with van der Waals surface area (Å²) in [6.45, 7) is 2.51. The molecule has 1 unspecified atom stereocenters. The van der Waals surface area contributed by atoms with Gasteiger partial charge in [0, 0.05) is 36.8 Å². The predicted molar refractivity (Wildman–Crippen MR) is 108 cm³/mol. The quantitative estimate of drug-likeness (QED) is 0.694. The summed E-state index contributed by atoms with van der Waals surface area (Å²) >= 11 is 0. The highest BCUT2D eigenvalue weighted by Gasteiger charge is 2.32. The Bertz CT molecular complexity index is 1070. The van der Waals surface area contributed by atoms with Gasteiger partial charge in [-0.3, -0.25) is 9.78 Å². The van der Waals surface area contributed by atoms with Gasteiger partial charge in [0.25, 0.3) is 0 Å². The van der Waals surface area contributed by atoms with Gasteiger partial charge >= 0.3 is 0 Å². The number of piperidine rings is 1. The fourth-order valence-corrected chi connectivity index (χ4v) is 5.06. The normalized spacial score (nSPS) is 17.3. The minimum atomic E-state index is -3.57. The lowest BCUT2D eigenvalue weighted by Gasteiger charge is -2.31. The number of rotatable bonds is 5. The maximum atomic E-state index is 12.7. The number of carbonyl (C=O) groups excluding carboxylic acids is 1. The number of carbonyl (C=O) groups is 1. The van der Waals surface area contributed by atoms with Gasteiger partial charge in [-0.25, -0.2) is 8.42 Å². The standard InChI is InChI=1S/C21H23N3O4S/c1-15(20-13-17-5-2-3-7-19(17)28-20)23-21(25)16-8-11-24(12-9-16)29(26,27)18-6-4-10-22-14-18/h2-7,10,13-16H,8-9,11-12H2,1H3,(H,23,25). The molecular weight excluding hydrogens is 390 g/mol. The number of amides is 1. The van der Waals surface area contributed by atoms with E-state index >= 15 is 0 Å². The molecule has 152 valence electrons. The number of furan rings is 1. The van der Waals surface area contributed by atoms with Crippen LogP contribution in [0.25, 0.3) is 11.0 Å². The number of hydrogen-bond acceptors (Lipinski definition) is 5. The lowest BCUT2D eigenvalue weighted by Crippen LogP contribution is -2.43. The average Bonchev–Trinajstić information content (AvgIpc) is 3.19. The first kappa shape index (κ1) is 19.6. The first-order valence-corrected chi connectivity index (χ1v) is 11.1. The van der Waals surface area contributed by atoms with E-state index in [0.717, 1.165) is 11.0 Å². The molecule has 3 aromatic rings. The molecule has 1 fully saturated rings. The van der Waals surface area contributed by atoms with Crippen LogP contribution in [0.15, 0.2) is 64.2 Å². The molecule has 4 rings (SSSR count). The second-order valence-corrected chi connectivity index (χ2v) is 9.22. The van der Waals surface area contributed by atoms with Gasteiger partial charge in [-0.2, -0.15) is 4.31 Å². The monoisotopic (exact) mass is 413 g/mol. The van der Waals surface area contributed by atoms with Crippen molar-refractivity contribution in [1.82, 2.24) is 14.6 Å². The fraction of sp³-hybridized carbons (Fsp3) is 0.333. The fourth-order valence-electron chi connectivity index (χ4n) is 3.63. The summed E-state index contributed by atoms with van der Waals surface area (Å²) in [5, 5.41) is 4.00. The average molecular weight is 413 g/mol. The lowest BCUT2D eigenvalue weighted by molar-refractivity contribution is -0.126. The molecule has 1 atom stereocenters. The van der Waals surface area contributed by atoms with Gasteiger partial charge in [0.15, 0.2) is 0 Å². The summed E-state index contributed by atoms with van der Waals surface area (Å²) in [5.41, 5.74) is 0.789. The van der Waals surface area contributed by atoms with E-state index in [1.165, 1.54) is 16.6 Å². The van der Waals surface area contributed by atoms with E-state index in [2.05, 4.69) is 10.3 Å². The highest BCUT2D eigenvalue weighted by Crippen LogP contribution is 2.26. The Morgan fingerprint density at radius 1 is 1.21 bits per heavy atom. The molecule has 0 radical (unpaired) electrons. The smallest absolute Gasteiger partial charge is 0.244 e. The van der Waals surface area contributed by atoms with Gasteiger partial charge in [-0.15, -0.1) is 0 Å². The maximum Gasteiger partial charge on any atom is 0.244 e. The van der Waals surface area contributed by atoms with E-state index in [4.69, 9.17) is 4.42 Å². The van der Waals surface area contributed by atoms with Crippen LogP contribution >= 0.6 is 0 Å². The third-order valence-electron chi connectivity index (χ3n) is 5.33. The molecule has 1 aromatic carbocycles. The van der Waals surface area contributed by atoms with Crippen molar-refractivity contribution in [2.45, 2.75) is 30.7 Å². The molecule has 3 heterocycles. The van der Waals surface area contributed by atoms with E-state index in [-0.39, 0.29) is 22.8 Å². The van der Waals surface area contributed by atoms with Crippen molar-refractivity contribution >= 4 is 26.9 Å². The molecule has 0 spiro atoms. The molecule has 1 amide bonds. The number of nitrogens with one attached hydrogen (secondary N) is 1. The molecule has 0 aliphatic carbocycles. The van der Waals surface area contributed by atoms with E-state index < -0.39 is 10.0 Å². The van der Waals surface area contributed by atoms with E-state index in [9.17, 15) is 13.2 Å². The minimum Gasteiger partial charge on any atom is -0.459 e. The summed E-state index contributed by atoms with van der Waals surface area (Å²) < 4.78 is 32.6. The topological polar surface area (TPSA) is 92.5 Å². The third kappa shape index (κ3) is 4.04. The van der Waals surface area contributed by atoms with Gasteiger partial charge < -0.3 is 9.73 Å². The molecule has 1 N–H and O–H groups in total. The Kier molecular flexibility index (Phi) is 5.38. The summed E-state index contributed by atoms with van der Waals surface area (Å²) in [7, 11) is -3.57. The van der Waals surface area contributed by atoms with Crippen LogP contribution in [0.2, 0.25) is 0 Å². The van der Waals surface area contributed by atoms with Gasteiger partial charge in [0.05, 0.1) is 6.04 Å². The van der Waals surface area contributed by atoms with Crippen LogP contribution < -0.4 is 5.32 Å². The summed E-state index contributed by atoms with van der Waals surface area (Å²) in [5.74, 6) is 0.412. The highest BCUT2D eigenvalue weighted by molar-refractivity contribution is 7.89. The Labute approximate surface area is 169 Å². The van der Waals surface area contributed by atoms with Crippen LogP contribution in [0.3, 0.4) is 0 Å². The van der Waals surface area contributed by atoms with Crippen LogP contribution in [0.1, 0.15) is 31.6 Å². The Morgan fingerprint density at radius 2 is 1.97 bits per heavy atom. The molecular formula is C21H23N3O4S. The molecule has 0 bridgehead atoms. The number of fused-ring (bicyclic) bond motifs is 1. The number of nitrogens with zero attached hydrogens (tertiary/aromatic N) is 2. The largest absolute Gasteiger partial charge is 0.459 e. The molecule has 1 saturated heterocycles. The number of aromatic nitrogens is 1. The van der Waals surface area contributed by atoms with Crippen molar-refractivity contribution in [2.24, 2.45) is 5.92 Å². The number of pyridine rings is 1. The van der Waals surface area contributed by atoms with Crippen LogP contribution in [-0.2, 0) is 14.8 Å². The minimum absolute atomic E-state index is 0.0728. The third-order valence-corrected chi connectivity index (χ3v) is 7.21. The SMILES string of the molecule is CC(NC(=O)C1CCN(S(=O)(=O)c2cccnc2)CC1)c1cc2ccccc2o1. The second kappa shape index (κ2) is 7.96. The van der Waals surface area contributed by atoms with Gasteiger partial charge in [0.1, 0.15) is 16.2 Å². The number of para-hydroxylation sites is 1. The second-order valence-electron chi connectivity index (χ2n) is 7.28. The van der Waals surface area contributed by atoms with E-state index in [0.29, 0.717) is 31.7 Å². The van der Waals surface area contributed by atoms with E-state index in [1.807, 2.05) is 37.3 Å². The Hall–Kier alpha value is -2.71. The maximum absolute atomic E-state index is 12.7. The van der Waals surface area contributed by atoms with Crippen molar-refractivity contribution in [1.29, 1.82) is 0 Å².